The number of nitrogens with zero attached hydrogens (tertiary/aromatic N) is 2. The van der Waals surface area contributed by atoms with Crippen LogP contribution in [0.2, 0.25) is 0 Å². The fourth-order valence-corrected chi connectivity index (χ4v) is 8.68. The molecule has 3 heteroatoms. The van der Waals surface area contributed by atoms with Gasteiger partial charge in [-0.3, -0.25) is 0 Å². The standard InChI is InChI=1S/C48H32N2S/c1-3-11-33(12-4-1)34-19-21-35(22-20-34)36-23-25-38(26-24-36)49(40-28-30-44-43-16-8-10-18-47(43)51-48(44)32-40)39-27-29-42-41-15-7-9-17-45(41)50(46(42)31-39)37-13-5-2-6-14-37/h1-32H. The molecular formula is C48H32N2S. The zero-order valence-electron chi connectivity index (χ0n) is 27.8. The first-order valence-electron chi connectivity index (χ1n) is 17.3. The van der Waals surface area contributed by atoms with E-state index in [9.17, 15) is 0 Å². The van der Waals surface area contributed by atoms with Crippen molar-refractivity contribution in [1.29, 1.82) is 0 Å². The lowest BCUT2D eigenvalue weighted by atomic mass is 10.00. The Morgan fingerprint density at radius 1 is 0.333 bits per heavy atom. The first kappa shape index (κ1) is 29.5. The molecule has 0 fully saturated rings. The van der Waals surface area contributed by atoms with E-state index in [1.165, 1.54) is 64.2 Å². The summed E-state index contributed by atoms with van der Waals surface area (Å²) < 4.78 is 4.99. The highest BCUT2D eigenvalue weighted by Gasteiger charge is 2.18. The largest absolute Gasteiger partial charge is 0.310 e. The van der Waals surface area contributed by atoms with Crippen LogP contribution >= 0.6 is 11.3 Å². The minimum atomic E-state index is 1.11. The van der Waals surface area contributed by atoms with Gasteiger partial charge in [0.1, 0.15) is 0 Å². The third-order valence-electron chi connectivity index (χ3n) is 10.0. The maximum Gasteiger partial charge on any atom is 0.0561 e. The minimum absolute atomic E-state index is 1.11. The maximum absolute atomic E-state index is 2.40. The third-order valence-corrected chi connectivity index (χ3v) is 11.1. The average molecular weight is 669 g/mol. The van der Waals surface area contributed by atoms with Crippen molar-refractivity contribution in [2.24, 2.45) is 0 Å². The molecule has 0 unspecified atom stereocenters. The lowest BCUT2D eigenvalue weighted by molar-refractivity contribution is 1.18. The molecule has 0 aliphatic carbocycles. The molecule has 0 spiro atoms. The summed E-state index contributed by atoms with van der Waals surface area (Å²) in [5.41, 5.74) is 11.8. The summed E-state index contributed by atoms with van der Waals surface area (Å²) in [6.45, 7) is 0. The quantitative estimate of drug-likeness (QED) is 0.171. The van der Waals surface area contributed by atoms with Crippen LogP contribution in [-0.2, 0) is 0 Å². The van der Waals surface area contributed by atoms with Crippen molar-refractivity contribution < 1.29 is 0 Å². The molecule has 0 aliphatic rings. The van der Waals surface area contributed by atoms with Gasteiger partial charge < -0.3 is 9.47 Å². The zero-order valence-corrected chi connectivity index (χ0v) is 28.6. The van der Waals surface area contributed by atoms with Gasteiger partial charge in [0.05, 0.1) is 11.0 Å². The van der Waals surface area contributed by atoms with Gasteiger partial charge in [0.2, 0.25) is 0 Å². The van der Waals surface area contributed by atoms with Crippen LogP contribution in [0.5, 0.6) is 0 Å². The third kappa shape index (κ3) is 5.10. The Kier molecular flexibility index (Phi) is 7.04. The molecular weight excluding hydrogens is 637 g/mol. The number of fused-ring (bicyclic) bond motifs is 6. The van der Waals surface area contributed by atoms with Crippen LogP contribution < -0.4 is 4.90 Å². The molecule has 0 aliphatic heterocycles. The van der Waals surface area contributed by atoms with E-state index in [1.807, 2.05) is 11.3 Å². The summed E-state index contributed by atoms with van der Waals surface area (Å²) in [6.07, 6.45) is 0. The van der Waals surface area contributed by atoms with Crippen LogP contribution in [0.3, 0.4) is 0 Å². The Hall–Kier alpha value is -6.42. The summed E-state index contributed by atoms with van der Waals surface area (Å²) >= 11 is 1.86. The van der Waals surface area contributed by atoms with E-state index in [0.717, 1.165) is 22.7 Å². The molecule has 0 saturated heterocycles. The average Bonchev–Trinajstić information content (AvgIpc) is 3.74. The second-order valence-corrected chi connectivity index (χ2v) is 14.1. The zero-order chi connectivity index (χ0) is 33.7. The summed E-state index contributed by atoms with van der Waals surface area (Å²) in [6, 6.07) is 70.4. The molecule has 2 heterocycles. The summed E-state index contributed by atoms with van der Waals surface area (Å²) in [5, 5.41) is 5.11. The van der Waals surface area contributed by atoms with Crippen LogP contribution in [0.1, 0.15) is 0 Å². The van der Waals surface area contributed by atoms with E-state index < -0.39 is 0 Å². The van der Waals surface area contributed by atoms with Crippen molar-refractivity contribution in [3.05, 3.63) is 194 Å². The van der Waals surface area contributed by atoms with Gasteiger partial charge in [-0.1, -0.05) is 133 Å². The number of aromatic nitrogens is 1. The van der Waals surface area contributed by atoms with Crippen molar-refractivity contribution in [1.82, 2.24) is 4.57 Å². The van der Waals surface area contributed by atoms with Crippen molar-refractivity contribution >= 4 is 70.4 Å². The highest BCUT2D eigenvalue weighted by molar-refractivity contribution is 7.25. The van der Waals surface area contributed by atoms with Crippen LogP contribution in [0.4, 0.5) is 17.1 Å². The molecule has 0 radical (unpaired) electrons. The maximum atomic E-state index is 2.40. The highest BCUT2D eigenvalue weighted by Crippen LogP contribution is 2.43. The smallest absolute Gasteiger partial charge is 0.0561 e. The Balaban J connectivity index is 1.12. The van der Waals surface area contributed by atoms with Crippen molar-refractivity contribution in [3.8, 4) is 27.9 Å². The summed E-state index contributed by atoms with van der Waals surface area (Å²) in [4.78, 5) is 2.40. The first-order valence-corrected chi connectivity index (χ1v) is 18.2. The van der Waals surface area contributed by atoms with E-state index in [-0.39, 0.29) is 0 Å². The SMILES string of the molecule is c1ccc(-c2ccc(-c3ccc(N(c4ccc5c(c4)sc4ccccc45)c4ccc5c6ccccc6n(-c6ccccc6)c5c4)cc3)cc2)cc1. The Morgan fingerprint density at radius 3 is 1.55 bits per heavy atom. The molecule has 51 heavy (non-hydrogen) atoms. The van der Waals surface area contributed by atoms with Gasteiger partial charge in [-0.15, -0.1) is 11.3 Å². The predicted molar refractivity (Wildman–Crippen MR) is 219 cm³/mol. The summed E-state index contributed by atoms with van der Waals surface area (Å²) in [5.74, 6) is 0. The summed E-state index contributed by atoms with van der Waals surface area (Å²) in [7, 11) is 0. The van der Waals surface area contributed by atoms with E-state index in [0.29, 0.717) is 0 Å². The topological polar surface area (TPSA) is 8.17 Å². The van der Waals surface area contributed by atoms with Crippen LogP contribution in [0, 0.1) is 0 Å². The van der Waals surface area contributed by atoms with Crippen LogP contribution in [0.15, 0.2) is 194 Å². The van der Waals surface area contributed by atoms with Gasteiger partial charge in [0, 0.05) is 53.7 Å². The molecule has 10 aromatic rings. The van der Waals surface area contributed by atoms with Gasteiger partial charge >= 0.3 is 0 Å². The molecule has 0 amide bonds. The lowest BCUT2D eigenvalue weighted by Gasteiger charge is -2.26. The fourth-order valence-electron chi connectivity index (χ4n) is 7.54. The Labute approximate surface area is 300 Å². The minimum Gasteiger partial charge on any atom is -0.310 e. The Morgan fingerprint density at radius 2 is 0.824 bits per heavy atom. The van der Waals surface area contributed by atoms with Gasteiger partial charge in [-0.05, 0) is 82.9 Å². The molecule has 2 aromatic heterocycles. The van der Waals surface area contributed by atoms with Gasteiger partial charge in [0.15, 0.2) is 0 Å². The van der Waals surface area contributed by atoms with E-state index in [1.54, 1.807) is 0 Å². The monoisotopic (exact) mass is 668 g/mol. The molecule has 8 aromatic carbocycles. The van der Waals surface area contributed by atoms with Gasteiger partial charge in [-0.25, -0.2) is 0 Å². The van der Waals surface area contributed by atoms with Gasteiger partial charge in [-0.2, -0.15) is 0 Å². The molecule has 10 rings (SSSR count). The molecule has 2 nitrogen and oxygen atoms in total. The Bertz CT molecular complexity index is 2830. The van der Waals surface area contributed by atoms with Gasteiger partial charge in [0.25, 0.3) is 0 Å². The molecule has 0 atom stereocenters. The second-order valence-electron chi connectivity index (χ2n) is 13.0. The van der Waals surface area contributed by atoms with Crippen molar-refractivity contribution in [2.75, 3.05) is 4.90 Å². The normalized spacial score (nSPS) is 11.5. The second kappa shape index (κ2) is 12.2. The first-order chi connectivity index (χ1) is 25.3. The number of para-hydroxylation sites is 2. The molecule has 240 valence electrons. The van der Waals surface area contributed by atoms with Crippen molar-refractivity contribution in [3.63, 3.8) is 0 Å². The predicted octanol–water partition coefficient (Wildman–Crippen LogP) is 14.0. The molecule has 0 N–H and O–H groups in total. The number of rotatable bonds is 6. The fraction of sp³-hybridized carbons (Fsp3) is 0. The van der Waals surface area contributed by atoms with E-state index in [4.69, 9.17) is 0 Å². The number of hydrogen-bond donors (Lipinski definition) is 0. The number of benzene rings is 8. The van der Waals surface area contributed by atoms with Crippen LogP contribution in [0.25, 0.3) is 69.9 Å². The van der Waals surface area contributed by atoms with Crippen molar-refractivity contribution in [2.45, 2.75) is 0 Å². The van der Waals surface area contributed by atoms with E-state index >= 15 is 0 Å². The lowest BCUT2D eigenvalue weighted by Crippen LogP contribution is -2.10. The van der Waals surface area contributed by atoms with E-state index in [2.05, 4.69) is 204 Å². The molecule has 0 bridgehead atoms. The number of hydrogen-bond acceptors (Lipinski definition) is 2. The van der Waals surface area contributed by atoms with Crippen LogP contribution in [-0.4, -0.2) is 4.57 Å². The number of thiophene rings is 1. The highest BCUT2D eigenvalue weighted by atomic mass is 32.1. The number of anilines is 3. The molecule has 0 saturated carbocycles.